The van der Waals surface area contributed by atoms with Crippen LogP contribution in [0, 0.1) is 0 Å². The number of nitrogens with two attached hydrogens (primary N) is 1. The zero-order chi connectivity index (χ0) is 16.8. The molecule has 0 aliphatic carbocycles. The molecule has 1 aromatic carbocycles. The molecule has 0 spiro atoms. The van der Waals surface area contributed by atoms with Gasteiger partial charge in [0.25, 0.3) is 0 Å². The Bertz CT molecular complexity index is 681. The van der Waals surface area contributed by atoms with E-state index in [9.17, 15) is 4.79 Å². The third-order valence-electron chi connectivity index (χ3n) is 3.95. The third-order valence-corrected chi connectivity index (χ3v) is 4.93. The van der Waals surface area contributed by atoms with Crippen LogP contribution in [-0.4, -0.2) is 35.5 Å². The number of carbonyl (C=O) groups excluding carboxylic acids is 1. The van der Waals surface area contributed by atoms with Crippen LogP contribution < -0.4 is 16.4 Å². The van der Waals surface area contributed by atoms with E-state index in [1.807, 2.05) is 18.2 Å². The van der Waals surface area contributed by atoms with Crippen molar-refractivity contribution in [2.45, 2.75) is 25.8 Å². The molecule has 3 rings (SSSR count). The lowest BCUT2D eigenvalue weighted by atomic mass is 10.2. The summed E-state index contributed by atoms with van der Waals surface area (Å²) in [6.07, 6.45) is 5.09. The van der Waals surface area contributed by atoms with Crippen LogP contribution in [-0.2, 0) is 13.0 Å². The van der Waals surface area contributed by atoms with Crippen molar-refractivity contribution in [3.05, 3.63) is 40.9 Å². The van der Waals surface area contributed by atoms with Crippen LogP contribution in [0.3, 0.4) is 0 Å². The predicted molar refractivity (Wildman–Crippen MR) is 98.5 cm³/mol. The van der Waals surface area contributed by atoms with E-state index in [4.69, 9.17) is 5.73 Å². The first kappa shape index (κ1) is 16.9. The average Bonchev–Trinajstić information content (AvgIpc) is 3.20. The number of hydrogen-bond acceptors (Lipinski definition) is 5. The molecule has 24 heavy (non-hydrogen) atoms. The molecular weight excluding hydrogens is 322 g/mol. The topological polar surface area (TPSA) is 83.3 Å². The van der Waals surface area contributed by atoms with E-state index in [1.165, 1.54) is 29.7 Å². The molecule has 1 aromatic heterocycles. The summed E-state index contributed by atoms with van der Waals surface area (Å²) in [5.74, 6) is 0. The fourth-order valence-corrected chi connectivity index (χ4v) is 3.65. The van der Waals surface area contributed by atoms with E-state index in [0.717, 1.165) is 36.6 Å². The van der Waals surface area contributed by atoms with Crippen molar-refractivity contribution in [2.75, 3.05) is 30.3 Å². The number of anilines is 2. The fraction of sp³-hybridized carbons (Fsp3) is 0.412. The van der Waals surface area contributed by atoms with Crippen molar-refractivity contribution in [1.82, 2.24) is 9.88 Å². The lowest BCUT2D eigenvalue weighted by Crippen LogP contribution is -2.20. The normalized spacial score (nSPS) is 14.7. The molecule has 0 radical (unpaired) electrons. The largest absolute Gasteiger partial charge is 0.330 e. The molecule has 2 amide bonds. The van der Waals surface area contributed by atoms with Crippen LogP contribution in [0.4, 0.5) is 15.6 Å². The van der Waals surface area contributed by atoms with Gasteiger partial charge in [0.1, 0.15) is 0 Å². The second kappa shape index (κ2) is 8.23. The van der Waals surface area contributed by atoms with Crippen molar-refractivity contribution < 1.29 is 4.79 Å². The minimum atomic E-state index is -0.276. The van der Waals surface area contributed by atoms with Gasteiger partial charge in [-0.3, -0.25) is 10.2 Å². The lowest BCUT2D eigenvalue weighted by Gasteiger charge is -2.15. The molecule has 6 nitrogen and oxygen atoms in total. The zero-order valence-electron chi connectivity index (χ0n) is 13.6. The van der Waals surface area contributed by atoms with E-state index in [-0.39, 0.29) is 6.03 Å². The van der Waals surface area contributed by atoms with Gasteiger partial charge in [-0.15, -0.1) is 11.3 Å². The molecule has 0 bridgehead atoms. The summed E-state index contributed by atoms with van der Waals surface area (Å²) in [6.45, 7) is 3.84. The molecule has 2 heterocycles. The SMILES string of the molecule is NCCc1cnc(NC(=O)Nc2cccc(CN3CCCC3)c2)s1. The standard InChI is InChI=1S/C17H23N5OS/c18-7-6-15-11-19-17(24-15)21-16(23)20-14-5-3-4-13(10-14)12-22-8-1-2-9-22/h3-5,10-11H,1-2,6-9,12,18H2,(H2,19,20,21,23). The number of benzene rings is 1. The van der Waals surface area contributed by atoms with Crippen molar-refractivity contribution in [2.24, 2.45) is 5.73 Å². The van der Waals surface area contributed by atoms with Gasteiger partial charge >= 0.3 is 6.03 Å². The Morgan fingerprint density at radius 3 is 2.92 bits per heavy atom. The molecule has 2 aromatic rings. The summed E-state index contributed by atoms with van der Waals surface area (Å²) in [5.41, 5.74) is 7.53. The highest BCUT2D eigenvalue weighted by Crippen LogP contribution is 2.19. The summed E-state index contributed by atoms with van der Waals surface area (Å²) >= 11 is 1.45. The first-order valence-electron chi connectivity index (χ1n) is 8.27. The third kappa shape index (κ3) is 4.77. The molecule has 7 heteroatoms. The van der Waals surface area contributed by atoms with E-state index < -0.39 is 0 Å². The first-order chi connectivity index (χ1) is 11.7. The Labute approximate surface area is 146 Å². The minimum Gasteiger partial charge on any atom is -0.330 e. The van der Waals surface area contributed by atoms with Gasteiger partial charge < -0.3 is 11.1 Å². The summed E-state index contributed by atoms with van der Waals surface area (Å²) in [6, 6.07) is 7.72. The van der Waals surface area contributed by atoms with Gasteiger partial charge in [-0.05, 0) is 56.6 Å². The number of hydrogen-bond donors (Lipinski definition) is 3. The minimum absolute atomic E-state index is 0.276. The van der Waals surface area contributed by atoms with E-state index in [2.05, 4.69) is 26.6 Å². The lowest BCUT2D eigenvalue weighted by molar-refractivity contribution is 0.262. The maximum absolute atomic E-state index is 12.1. The summed E-state index contributed by atoms with van der Waals surface area (Å²) in [7, 11) is 0. The van der Waals surface area contributed by atoms with Gasteiger partial charge in [-0.25, -0.2) is 9.78 Å². The fourth-order valence-electron chi connectivity index (χ4n) is 2.83. The molecule has 128 valence electrons. The molecule has 1 aliphatic heterocycles. The molecule has 4 N–H and O–H groups in total. The van der Waals surface area contributed by atoms with E-state index >= 15 is 0 Å². The Kier molecular flexibility index (Phi) is 5.79. The van der Waals surface area contributed by atoms with Gasteiger partial charge in [0.05, 0.1) is 0 Å². The Hall–Kier alpha value is -1.96. The van der Waals surface area contributed by atoms with Gasteiger partial charge in [0, 0.05) is 23.3 Å². The van der Waals surface area contributed by atoms with Crippen molar-refractivity contribution in [3.63, 3.8) is 0 Å². The summed E-state index contributed by atoms with van der Waals surface area (Å²) < 4.78 is 0. The first-order valence-corrected chi connectivity index (χ1v) is 9.08. The van der Waals surface area contributed by atoms with E-state index in [1.54, 1.807) is 6.20 Å². The van der Waals surface area contributed by atoms with Gasteiger partial charge in [-0.2, -0.15) is 0 Å². The highest BCUT2D eigenvalue weighted by atomic mass is 32.1. The highest BCUT2D eigenvalue weighted by molar-refractivity contribution is 7.15. The number of likely N-dealkylation sites (tertiary alicyclic amines) is 1. The molecule has 1 fully saturated rings. The Balaban J connectivity index is 1.55. The maximum Gasteiger partial charge on any atom is 0.325 e. The molecule has 1 aliphatic rings. The monoisotopic (exact) mass is 345 g/mol. The van der Waals surface area contributed by atoms with Gasteiger partial charge in [0.15, 0.2) is 5.13 Å². The summed E-state index contributed by atoms with van der Waals surface area (Å²) in [4.78, 5) is 19.8. The number of nitrogens with zero attached hydrogens (tertiary/aromatic N) is 2. The van der Waals surface area contributed by atoms with Crippen LogP contribution in [0.25, 0.3) is 0 Å². The Morgan fingerprint density at radius 1 is 1.29 bits per heavy atom. The quantitative estimate of drug-likeness (QED) is 0.752. The van der Waals surface area contributed by atoms with Gasteiger partial charge in [0.2, 0.25) is 0 Å². The number of aromatic nitrogens is 1. The molecular formula is C17H23N5OS. The van der Waals surface area contributed by atoms with Crippen LogP contribution >= 0.6 is 11.3 Å². The molecule has 1 saturated heterocycles. The molecule has 0 saturated carbocycles. The number of thiazole rings is 1. The van der Waals surface area contributed by atoms with Crippen LogP contribution in [0.5, 0.6) is 0 Å². The number of carbonyl (C=O) groups is 1. The highest BCUT2D eigenvalue weighted by Gasteiger charge is 2.12. The number of rotatable bonds is 6. The van der Waals surface area contributed by atoms with Crippen LogP contribution in [0.1, 0.15) is 23.3 Å². The van der Waals surface area contributed by atoms with Crippen molar-refractivity contribution in [3.8, 4) is 0 Å². The second-order valence-corrected chi connectivity index (χ2v) is 7.05. The zero-order valence-corrected chi connectivity index (χ0v) is 14.4. The van der Waals surface area contributed by atoms with Gasteiger partial charge in [-0.1, -0.05) is 12.1 Å². The van der Waals surface area contributed by atoms with Crippen LogP contribution in [0.15, 0.2) is 30.5 Å². The smallest absolute Gasteiger partial charge is 0.325 e. The average molecular weight is 345 g/mol. The number of amides is 2. The van der Waals surface area contributed by atoms with Crippen molar-refractivity contribution >= 4 is 28.2 Å². The van der Waals surface area contributed by atoms with E-state index in [0.29, 0.717) is 11.7 Å². The predicted octanol–water partition coefficient (Wildman–Crippen LogP) is 2.88. The maximum atomic E-state index is 12.1. The summed E-state index contributed by atoms with van der Waals surface area (Å²) in [5, 5.41) is 6.23. The second-order valence-electron chi connectivity index (χ2n) is 5.93. The van der Waals surface area contributed by atoms with Crippen molar-refractivity contribution in [1.29, 1.82) is 0 Å². The molecule has 0 atom stereocenters. The molecule has 0 unspecified atom stereocenters. The Morgan fingerprint density at radius 2 is 2.12 bits per heavy atom. The number of nitrogens with one attached hydrogen (secondary N) is 2. The number of urea groups is 1. The van der Waals surface area contributed by atoms with Crippen LogP contribution in [0.2, 0.25) is 0 Å².